The molecule has 0 spiro atoms. The summed E-state index contributed by atoms with van der Waals surface area (Å²) in [6.07, 6.45) is -7.72. The van der Waals surface area contributed by atoms with E-state index in [9.17, 15) is 34.7 Å². The highest BCUT2D eigenvalue weighted by molar-refractivity contribution is 7.53. The molecular formula is C20H25N10O10P. The van der Waals surface area contributed by atoms with Gasteiger partial charge < -0.3 is 50.8 Å². The van der Waals surface area contributed by atoms with Crippen LogP contribution in [0.3, 0.4) is 0 Å². The van der Waals surface area contributed by atoms with Gasteiger partial charge in [0.05, 0.1) is 25.1 Å². The molecule has 2 fully saturated rings. The molecule has 2 saturated heterocycles. The minimum atomic E-state index is -4.88. The summed E-state index contributed by atoms with van der Waals surface area (Å²) in [6.45, 7) is -1.44. The third kappa shape index (κ3) is 4.45. The number of anilines is 2. The van der Waals surface area contributed by atoms with Gasteiger partial charge in [-0.15, -0.1) is 5.10 Å². The molecule has 9 atom stereocenters. The van der Waals surface area contributed by atoms with Crippen LogP contribution in [0.2, 0.25) is 0 Å². The number of pyridine rings is 1. The van der Waals surface area contributed by atoms with Crippen LogP contribution in [-0.4, -0.2) is 114 Å². The monoisotopic (exact) mass is 596 g/mol. The molecule has 0 aromatic carbocycles. The maximum atomic E-state index is 13.5. The van der Waals surface area contributed by atoms with Crippen molar-refractivity contribution >= 4 is 41.6 Å². The zero-order valence-electron chi connectivity index (χ0n) is 20.8. The van der Waals surface area contributed by atoms with E-state index in [-0.39, 0.29) is 28.4 Å². The molecule has 1 unspecified atom stereocenters. The molecule has 220 valence electrons. The summed E-state index contributed by atoms with van der Waals surface area (Å²) >= 11 is 0. The van der Waals surface area contributed by atoms with Crippen LogP contribution in [0.5, 0.6) is 0 Å². The van der Waals surface area contributed by atoms with Crippen LogP contribution in [0.4, 0.5) is 11.8 Å². The number of nitrogen functional groups attached to an aromatic ring is 2. The van der Waals surface area contributed by atoms with E-state index in [0.717, 1.165) is 10.9 Å². The Morgan fingerprint density at radius 3 is 2.59 bits per heavy atom. The molecular weight excluding hydrogens is 571 g/mol. The van der Waals surface area contributed by atoms with Gasteiger partial charge in [0.25, 0.3) is 5.56 Å². The average molecular weight is 596 g/mol. The van der Waals surface area contributed by atoms with Crippen LogP contribution in [0, 0.1) is 0 Å². The first-order valence-electron chi connectivity index (χ1n) is 12.1. The Morgan fingerprint density at radius 2 is 1.83 bits per heavy atom. The normalized spacial score (nSPS) is 31.7. The summed E-state index contributed by atoms with van der Waals surface area (Å²) in [7, 11) is -4.88. The number of aliphatic hydroxyl groups excluding tert-OH is 4. The molecule has 41 heavy (non-hydrogen) atoms. The first kappa shape index (κ1) is 27.6. The molecule has 6 rings (SSSR count). The van der Waals surface area contributed by atoms with E-state index >= 15 is 0 Å². The number of aliphatic hydroxyl groups is 4. The van der Waals surface area contributed by atoms with Crippen LogP contribution in [0.25, 0.3) is 22.2 Å². The van der Waals surface area contributed by atoms with Crippen molar-refractivity contribution in [3.05, 3.63) is 28.9 Å². The fourth-order valence-electron chi connectivity index (χ4n) is 5.00. The highest BCUT2D eigenvalue weighted by atomic mass is 31.2. The summed E-state index contributed by atoms with van der Waals surface area (Å²) in [5.74, 6) is -0.176. The Kier molecular flexibility index (Phi) is 6.76. The number of hydrogen-bond acceptors (Lipinski definition) is 16. The summed E-state index contributed by atoms with van der Waals surface area (Å²) in [6, 6.07) is 1.52. The van der Waals surface area contributed by atoms with Crippen molar-refractivity contribution in [3.63, 3.8) is 0 Å². The second-order valence-corrected chi connectivity index (χ2v) is 11.5. The third-order valence-corrected chi connectivity index (χ3v) is 8.87. The zero-order chi connectivity index (χ0) is 29.2. The Balaban J connectivity index is 1.25. The zero-order valence-corrected chi connectivity index (χ0v) is 21.7. The van der Waals surface area contributed by atoms with Crippen LogP contribution in [0.15, 0.2) is 23.4 Å². The molecule has 0 aliphatic carbocycles. The SMILES string of the molecule is Nc1nc2c(ncn2[C@@H]2O[C@H](CO)[C@@H](O)[C@H]2P(=O)(O)OC[C@H]2O[C@@H](n3nnc4c(N)nccc43)[C@H](O)[C@@H]2O)c(=O)[nH]1. The number of ether oxygens (including phenoxy) is 2. The predicted molar refractivity (Wildman–Crippen MR) is 135 cm³/mol. The Bertz CT molecular complexity index is 1710. The standard InChI is InChI=1S/C20H25N10O10P/c21-15-9-6(1-2-23-15)30(28-27-9)18-13(34)11(32)8(40-18)4-38-41(36,37)14-12(33)7(3-31)39-19(14)29-5-24-10-16(29)25-20(22)26-17(10)35/h1-2,5,7-8,11-14,18-19,31-34H,3-4H2,(H2,21,23)(H,36,37)(H3,22,25,26,35)/t7-,8-,11-,12-,13-,14-,18-,19-/m1/s1. The second kappa shape index (κ2) is 10.0. The molecule has 21 heteroatoms. The van der Waals surface area contributed by atoms with Crippen molar-refractivity contribution in [2.24, 2.45) is 0 Å². The van der Waals surface area contributed by atoms with Gasteiger partial charge in [-0.1, -0.05) is 5.21 Å². The highest BCUT2D eigenvalue weighted by Gasteiger charge is 2.56. The van der Waals surface area contributed by atoms with E-state index in [4.69, 9.17) is 25.5 Å². The largest absolute Gasteiger partial charge is 0.394 e. The van der Waals surface area contributed by atoms with Gasteiger partial charge in [0.2, 0.25) is 5.95 Å². The fraction of sp³-hybridized carbons (Fsp3) is 0.500. The van der Waals surface area contributed by atoms with Gasteiger partial charge in [-0.05, 0) is 6.07 Å². The summed E-state index contributed by atoms with van der Waals surface area (Å²) < 4.78 is 32.5. The van der Waals surface area contributed by atoms with E-state index in [1.807, 2.05) is 0 Å². The van der Waals surface area contributed by atoms with Crippen LogP contribution >= 0.6 is 7.60 Å². The molecule has 20 nitrogen and oxygen atoms in total. The Hall–Kier alpha value is -3.59. The number of aromatic nitrogens is 8. The minimum Gasteiger partial charge on any atom is -0.394 e. The summed E-state index contributed by atoms with van der Waals surface area (Å²) in [5, 5.41) is 49.6. The molecule has 0 radical (unpaired) electrons. The number of hydrogen-bond donors (Lipinski definition) is 8. The predicted octanol–water partition coefficient (Wildman–Crippen LogP) is -3.44. The Morgan fingerprint density at radius 1 is 1.07 bits per heavy atom. The number of nitrogens with one attached hydrogen (secondary N) is 1. The van der Waals surface area contributed by atoms with Gasteiger partial charge in [0.1, 0.15) is 36.2 Å². The van der Waals surface area contributed by atoms with Gasteiger partial charge in [0, 0.05) is 6.20 Å². The molecule has 10 N–H and O–H groups in total. The number of nitrogens with zero attached hydrogens (tertiary/aromatic N) is 7. The van der Waals surface area contributed by atoms with Gasteiger partial charge >= 0.3 is 7.60 Å². The highest BCUT2D eigenvalue weighted by Crippen LogP contribution is 2.57. The third-order valence-electron chi connectivity index (χ3n) is 7.04. The summed E-state index contributed by atoms with van der Waals surface area (Å²) in [5.41, 5.74) is 9.37. The molecule has 4 aromatic heterocycles. The number of aromatic amines is 1. The lowest BCUT2D eigenvalue weighted by molar-refractivity contribution is -0.0556. The lowest BCUT2D eigenvalue weighted by atomic mass is 10.1. The lowest BCUT2D eigenvalue weighted by Crippen LogP contribution is -2.36. The topological polar surface area (TPSA) is 305 Å². The molecule has 0 saturated carbocycles. The quantitative estimate of drug-likeness (QED) is 0.0962. The van der Waals surface area contributed by atoms with Crippen molar-refractivity contribution in [1.82, 2.24) is 39.5 Å². The van der Waals surface area contributed by atoms with Gasteiger partial charge in [-0.3, -0.25) is 18.9 Å². The summed E-state index contributed by atoms with van der Waals surface area (Å²) in [4.78, 5) is 37.3. The number of fused-ring (bicyclic) bond motifs is 2. The molecule has 6 heterocycles. The van der Waals surface area contributed by atoms with E-state index in [1.54, 1.807) is 0 Å². The number of nitrogens with two attached hydrogens (primary N) is 2. The average Bonchev–Trinajstić information content (AvgIpc) is 3.68. The van der Waals surface area contributed by atoms with Crippen molar-refractivity contribution in [1.29, 1.82) is 0 Å². The molecule has 0 bridgehead atoms. The lowest BCUT2D eigenvalue weighted by Gasteiger charge is -2.27. The number of H-pyrrole nitrogens is 1. The maximum Gasteiger partial charge on any atom is 0.338 e. The van der Waals surface area contributed by atoms with Crippen molar-refractivity contribution in [2.45, 2.75) is 48.6 Å². The van der Waals surface area contributed by atoms with Gasteiger partial charge in [-0.2, -0.15) is 4.98 Å². The second-order valence-electron chi connectivity index (χ2n) is 9.51. The first-order valence-corrected chi connectivity index (χ1v) is 13.8. The van der Waals surface area contributed by atoms with Crippen molar-refractivity contribution in [2.75, 3.05) is 24.7 Å². The Labute approximate surface area is 227 Å². The van der Waals surface area contributed by atoms with E-state index < -0.39 is 75.0 Å². The van der Waals surface area contributed by atoms with Gasteiger partial charge in [-0.25, -0.2) is 14.6 Å². The van der Waals surface area contributed by atoms with Crippen LogP contribution in [-0.2, 0) is 18.6 Å². The van der Waals surface area contributed by atoms with Crippen LogP contribution in [0.1, 0.15) is 12.5 Å². The molecule has 2 aliphatic heterocycles. The van der Waals surface area contributed by atoms with E-state index in [0.29, 0.717) is 5.52 Å². The maximum absolute atomic E-state index is 13.5. The molecule has 2 aliphatic rings. The van der Waals surface area contributed by atoms with Crippen LogP contribution < -0.4 is 17.0 Å². The van der Waals surface area contributed by atoms with Crippen molar-refractivity contribution < 1.29 is 43.9 Å². The molecule has 4 aromatic rings. The smallest absolute Gasteiger partial charge is 0.338 e. The number of imidazole rings is 1. The number of rotatable bonds is 7. The van der Waals surface area contributed by atoms with E-state index in [1.165, 1.54) is 16.9 Å². The molecule has 0 amide bonds. The minimum absolute atomic E-state index is 0.0872. The van der Waals surface area contributed by atoms with Gasteiger partial charge in [0.15, 0.2) is 35.0 Å². The fourth-order valence-corrected chi connectivity index (χ4v) is 6.65. The van der Waals surface area contributed by atoms with E-state index in [2.05, 4.69) is 30.2 Å². The first-order chi connectivity index (χ1) is 19.5. The van der Waals surface area contributed by atoms with Crippen molar-refractivity contribution in [3.8, 4) is 0 Å².